The molecule has 0 spiro atoms. The molecular weight excluding hydrogens is 457 g/mol. The summed E-state index contributed by atoms with van der Waals surface area (Å²) in [6, 6.07) is 10.6. The summed E-state index contributed by atoms with van der Waals surface area (Å²) in [7, 11) is -3.93. The van der Waals surface area contributed by atoms with Gasteiger partial charge < -0.3 is 10.1 Å². The van der Waals surface area contributed by atoms with Crippen LogP contribution in [-0.2, 0) is 21.0 Å². The van der Waals surface area contributed by atoms with Gasteiger partial charge in [-0.2, -0.15) is 13.2 Å². The first-order valence-electron chi connectivity index (χ1n) is 10.6. The van der Waals surface area contributed by atoms with Crippen molar-refractivity contribution in [2.75, 3.05) is 17.1 Å². The van der Waals surface area contributed by atoms with Crippen molar-refractivity contribution in [3.05, 3.63) is 59.7 Å². The van der Waals surface area contributed by atoms with Gasteiger partial charge in [-0.3, -0.25) is 9.10 Å². The van der Waals surface area contributed by atoms with Gasteiger partial charge in [0.15, 0.2) is 0 Å². The molecule has 1 aliphatic rings. The van der Waals surface area contributed by atoms with Crippen LogP contribution in [0.25, 0.3) is 0 Å². The normalized spacial score (nSPS) is 17.6. The summed E-state index contributed by atoms with van der Waals surface area (Å²) in [5.74, 6) is 0.101. The Hall–Kier alpha value is -2.75. The third-order valence-electron chi connectivity index (χ3n) is 5.99. The Bertz CT molecular complexity index is 1100. The smallest absolute Gasteiger partial charge is 0.416 e. The zero-order chi connectivity index (χ0) is 24.4. The highest BCUT2D eigenvalue weighted by atomic mass is 32.2. The Morgan fingerprint density at radius 1 is 1.12 bits per heavy atom. The number of hydrogen-bond donors (Lipinski definition) is 1. The molecular formula is C23H27F3N2O4S. The van der Waals surface area contributed by atoms with Gasteiger partial charge in [-0.1, -0.05) is 32.0 Å². The van der Waals surface area contributed by atoms with Gasteiger partial charge in [0.05, 0.1) is 23.5 Å². The van der Waals surface area contributed by atoms with E-state index in [1.165, 1.54) is 0 Å². The number of carbonyl (C=O) groups is 1. The van der Waals surface area contributed by atoms with Gasteiger partial charge in [0.25, 0.3) is 0 Å². The fourth-order valence-electron chi connectivity index (χ4n) is 4.02. The van der Waals surface area contributed by atoms with Crippen LogP contribution in [0.1, 0.15) is 50.3 Å². The fourth-order valence-corrected chi connectivity index (χ4v) is 4.87. The molecule has 0 fully saturated rings. The molecule has 1 aliphatic heterocycles. The zero-order valence-electron chi connectivity index (χ0n) is 18.6. The molecule has 10 heteroatoms. The Kier molecular flexibility index (Phi) is 6.97. The van der Waals surface area contributed by atoms with Crippen molar-refractivity contribution in [1.82, 2.24) is 5.32 Å². The maximum absolute atomic E-state index is 12.9. The first-order valence-corrected chi connectivity index (χ1v) is 12.5. The Morgan fingerprint density at radius 2 is 1.73 bits per heavy atom. The molecule has 2 aromatic rings. The lowest BCUT2D eigenvalue weighted by Crippen LogP contribution is -2.47. The van der Waals surface area contributed by atoms with Crippen molar-refractivity contribution in [3.8, 4) is 5.75 Å². The lowest BCUT2D eigenvalue weighted by molar-refractivity contribution is -0.137. The number of rotatable bonds is 7. The number of para-hydroxylation sites is 1. The van der Waals surface area contributed by atoms with E-state index in [9.17, 15) is 26.4 Å². The molecule has 0 radical (unpaired) electrons. The summed E-state index contributed by atoms with van der Waals surface area (Å²) in [4.78, 5) is 12.9. The minimum atomic E-state index is -4.55. The Morgan fingerprint density at radius 3 is 2.27 bits per heavy atom. The molecule has 6 nitrogen and oxygen atoms in total. The van der Waals surface area contributed by atoms with E-state index in [4.69, 9.17) is 4.74 Å². The molecule has 3 rings (SSSR count). The van der Waals surface area contributed by atoms with E-state index in [0.717, 1.165) is 53.2 Å². The summed E-state index contributed by atoms with van der Waals surface area (Å²) in [5.41, 5.74) is -0.595. The summed E-state index contributed by atoms with van der Waals surface area (Å²) in [6.07, 6.45) is -1.67. The molecule has 1 heterocycles. The molecule has 0 bridgehead atoms. The van der Waals surface area contributed by atoms with Gasteiger partial charge >= 0.3 is 6.18 Å². The van der Waals surface area contributed by atoms with E-state index in [1.807, 2.05) is 38.1 Å². The lowest BCUT2D eigenvalue weighted by Gasteiger charge is -2.41. The molecule has 1 atom stereocenters. The number of alkyl halides is 3. The van der Waals surface area contributed by atoms with Gasteiger partial charge in [-0.25, -0.2) is 8.42 Å². The number of halogens is 3. The van der Waals surface area contributed by atoms with Gasteiger partial charge in [0, 0.05) is 12.0 Å². The van der Waals surface area contributed by atoms with Gasteiger partial charge in [-0.15, -0.1) is 0 Å². The van der Waals surface area contributed by atoms with Crippen molar-refractivity contribution in [2.45, 2.75) is 50.9 Å². The maximum atomic E-state index is 12.9. The number of amides is 1. The van der Waals surface area contributed by atoms with E-state index in [2.05, 4.69) is 5.32 Å². The molecule has 0 aromatic heterocycles. The number of carbonyl (C=O) groups excluding carboxylic acids is 1. The summed E-state index contributed by atoms with van der Waals surface area (Å²) in [6.45, 7) is 3.45. The summed E-state index contributed by atoms with van der Waals surface area (Å²) in [5, 5.41) is 2.90. The van der Waals surface area contributed by atoms with Crippen LogP contribution >= 0.6 is 0 Å². The third-order valence-corrected chi connectivity index (χ3v) is 7.13. The molecule has 0 aliphatic carbocycles. The standard InChI is InChI=1S/C23H27F3N2O4S/c1-4-22(5-2)14-19(18-8-6-7-9-20(18)32-22)27-21(29)15-28(33(3,30)31)17-12-10-16(11-13-17)23(24,25)26/h6-13,19H,4-5,14-15H2,1-3H3,(H,27,29)/t19-/m0/s1. The van der Waals surface area contributed by atoms with Gasteiger partial charge in [-0.05, 0) is 43.2 Å². The number of nitrogens with zero attached hydrogens (tertiary/aromatic N) is 1. The average molecular weight is 485 g/mol. The minimum absolute atomic E-state index is 0.0236. The number of ether oxygens (including phenoxy) is 1. The number of nitrogens with one attached hydrogen (secondary N) is 1. The van der Waals surface area contributed by atoms with Crippen LogP contribution in [0, 0.1) is 0 Å². The predicted molar refractivity (Wildman–Crippen MR) is 120 cm³/mol. The number of benzene rings is 2. The van der Waals surface area contributed by atoms with Gasteiger partial charge in [0.2, 0.25) is 15.9 Å². The van der Waals surface area contributed by atoms with Crippen molar-refractivity contribution in [1.29, 1.82) is 0 Å². The van der Waals surface area contributed by atoms with E-state index in [-0.39, 0.29) is 5.69 Å². The summed E-state index contributed by atoms with van der Waals surface area (Å²) < 4.78 is 70.3. The van der Waals surface area contributed by atoms with Crippen LogP contribution < -0.4 is 14.4 Å². The quantitative estimate of drug-likeness (QED) is 0.620. The lowest BCUT2D eigenvalue weighted by atomic mass is 9.83. The second-order valence-electron chi connectivity index (χ2n) is 8.17. The number of sulfonamides is 1. The molecule has 180 valence electrons. The minimum Gasteiger partial charge on any atom is -0.487 e. The van der Waals surface area contributed by atoms with E-state index >= 15 is 0 Å². The van der Waals surface area contributed by atoms with E-state index in [1.54, 1.807) is 0 Å². The first-order chi connectivity index (χ1) is 15.4. The van der Waals surface area contributed by atoms with E-state index in [0.29, 0.717) is 12.2 Å². The van der Waals surface area contributed by atoms with Crippen LogP contribution in [-0.4, -0.2) is 32.7 Å². The number of fused-ring (bicyclic) bond motifs is 1. The van der Waals surface area contributed by atoms with Crippen LogP contribution in [0.15, 0.2) is 48.5 Å². The first kappa shape index (κ1) is 24.9. The second kappa shape index (κ2) is 9.24. The van der Waals surface area contributed by atoms with Gasteiger partial charge in [0.1, 0.15) is 17.9 Å². The van der Waals surface area contributed by atoms with Crippen molar-refractivity contribution in [2.24, 2.45) is 0 Å². The summed E-state index contributed by atoms with van der Waals surface area (Å²) >= 11 is 0. The highest BCUT2D eigenvalue weighted by Crippen LogP contribution is 2.42. The Balaban J connectivity index is 1.84. The van der Waals surface area contributed by atoms with Crippen LogP contribution in [0.3, 0.4) is 0 Å². The molecule has 0 unspecified atom stereocenters. The zero-order valence-corrected chi connectivity index (χ0v) is 19.5. The molecule has 0 saturated carbocycles. The van der Waals surface area contributed by atoms with Crippen molar-refractivity contribution in [3.63, 3.8) is 0 Å². The van der Waals surface area contributed by atoms with Crippen molar-refractivity contribution >= 4 is 21.6 Å². The monoisotopic (exact) mass is 484 g/mol. The average Bonchev–Trinajstić information content (AvgIpc) is 2.76. The maximum Gasteiger partial charge on any atom is 0.416 e. The molecule has 1 N–H and O–H groups in total. The van der Waals surface area contributed by atoms with Crippen molar-refractivity contribution < 1.29 is 31.1 Å². The highest BCUT2D eigenvalue weighted by Gasteiger charge is 2.39. The molecule has 1 amide bonds. The second-order valence-corrected chi connectivity index (χ2v) is 10.1. The SMILES string of the molecule is CCC1(CC)C[C@H](NC(=O)CN(c2ccc(C(F)(F)F)cc2)S(C)(=O)=O)c2ccccc2O1. The largest absolute Gasteiger partial charge is 0.487 e. The predicted octanol–water partition coefficient (Wildman–Crippen LogP) is 4.67. The fraction of sp³-hybridized carbons (Fsp3) is 0.435. The van der Waals surface area contributed by atoms with Crippen LogP contribution in [0.4, 0.5) is 18.9 Å². The third kappa shape index (κ3) is 5.61. The number of hydrogen-bond acceptors (Lipinski definition) is 4. The number of anilines is 1. The van der Waals surface area contributed by atoms with E-state index < -0.39 is 45.9 Å². The molecule has 0 saturated heterocycles. The Labute approximate surface area is 191 Å². The highest BCUT2D eigenvalue weighted by molar-refractivity contribution is 7.92. The molecule has 33 heavy (non-hydrogen) atoms. The van der Waals surface area contributed by atoms with Crippen LogP contribution in [0.2, 0.25) is 0 Å². The topological polar surface area (TPSA) is 75.7 Å². The molecule has 2 aromatic carbocycles. The van der Waals surface area contributed by atoms with Crippen LogP contribution in [0.5, 0.6) is 5.75 Å².